The van der Waals surface area contributed by atoms with Crippen LogP contribution < -0.4 is 10.1 Å². The van der Waals surface area contributed by atoms with E-state index >= 15 is 0 Å². The van der Waals surface area contributed by atoms with E-state index in [9.17, 15) is 0 Å². The Morgan fingerprint density at radius 2 is 2.22 bits per heavy atom. The van der Waals surface area contributed by atoms with Gasteiger partial charge in [-0.25, -0.2) is 4.68 Å². The van der Waals surface area contributed by atoms with Crippen molar-refractivity contribution in [2.24, 2.45) is 0 Å². The Morgan fingerprint density at radius 1 is 1.39 bits per heavy atom. The summed E-state index contributed by atoms with van der Waals surface area (Å²) in [5.41, 5.74) is 1.98. The van der Waals surface area contributed by atoms with Gasteiger partial charge in [0.1, 0.15) is 5.75 Å². The second-order valence-corrected chi connectivity index (χ2v) is 4.37. The van der Waals surface area contributed by atoms with Crippen molar-refractivity contribution in [3.8, 4) is 11.4 Å². The van der Waals surface area contributed by atoms with E-state index in [1.165, 1.54) is 0 Å². The maximum atomic E-state index is 5.21. The molecule has 5 nitrogen and oxygen atoms in total. The lowest BCUT2D eigenvalue weighted by atomic mass is 10.3. The van der Waals surface area contributed by atoms with E-state index < -0.39 is 0 Å². The van der Waals surface area contributed by atoms with Gasteiger partial charge in [0.05, 0.1) is 24.7 Å². The number of hydrogen-bond acceptors (Lipinski definition) is 4. The third-order valence-corrected chi connectivity index (χ3v) is 2.61. The molecule has 0 saturated heterocycles. The summed E-state index contributed by atoms with van der Waals surface area (Å²) in [7, 11) is 1.65. The molecule has 0 spiro atoms. The first kappa shape index (κ1) is 12.6. The maximum absolute atomic E-state index is 5.21. The Kier molecular flexibility index (Phi) is 3.94. The van der Waals surface area contributed by atoms with Crippen LogP contribution in [0.15, 0.2) is 30.5 Å². The molecule has 0 saturated carbocycles. The van der Waals surface area contributed by atoms with E-state index in [0.717, 1.165) is 23.7 Å². The number of ether oxygens (including phenoxy) is 1. The molecule has 18 heavy (non-hydrogen) atoms. The zero-order valence-electron chi connectivity index (χ0n) is 10.9. The van der Waals surface area contributed by atoms with Crippen molar-refractivity contribution in [3.63, 3.8) is 0 Å². The molecule has 0 amide bonds. The minimum absolute atomic E-state index is 0.429. The smallest absolute Gasteiger partial charge is 0.121 e. The van der Waals surface area contributed by atoms with Gasteiger partial charge in [-0.2, -0.15) is 0 Å². The van der Waals surface area contributed by atoms with E-state index in [0.29, 0.717) is 6.04 Å². The molecular formula is C13H18N4O. The van der Waals surface area contributed by atoms with Crippen LogP contribution >= 0.6 is 0 Å². The van der Waals surface area contributed by atoms with E-state index in [1.54, 1.807) is 13.3 Å². The molecule has 1 aromatic heterocycles. The Labute approximate surface area is 107 Å². The number of aromatic nitrogens is 3. The molecule has 0 unspecified atom stereocenters. The van der Waals surface area contributed by atoms with Crippen molar-refractivity contribution in [1.29, 1.82) is 0 Å². The Hall–Kier alpha value is -1.88. The third-order valence-electron chi connectivity index (χ3n) is 2.61. The van der Waals surface area contributed by atoms with Crippen LogP contribution in [0.25, 0.3) is 5.69 Å². The van der Waals surface area contributed by atoms with E-state index in [2.05, 4.69) is 29.5 Å². The minimum atomic E-state index is 0.429. The second-order valence-electron chi connectivity index (χ2n) is 4.37. The first-order valence-electron chi connectivity index (χ1n) is 5.98. The van der Waals surface area contributed by atoms with Crippen LogP contribution in [0.4, 0.5) is 0 Å². The molecule has 0 aliphatic carbocycles. The van der Waals surface area contributed by atoms with Crippen LogP contribution in [0.5, 0.6) is 5.75 Å². The molecule has 0 fully saturated rings. The van der Waals surface area contributed by atoms with Gasteiger partial charge in [-0.3, -0.25) is 0 Å². The molecule has 1 aromatic carbocycles. The summed E-state index contributed by atoms with van der Waals surface area (Å²) in [5.74, 6) is 0.811. The topological polar surface area (TPSA) is 52.0 Å². The summed E-state index contributed by atoms with van der Waals surface area (Å²) in [4.78, 5) is 0. The highest BCUT2D eigenvalue weighted by atomic mass is 16.5. The monoisotopic (exact) mass is 246 g/mol. The van der Waals surface area contributed by atoms with Crippen LogP contribution in [0.1, 0.15) is 19.5 Å². The summed E-state index contributed by atoms with van der Waals surface area (Å²) in [5, 5.41) is 11.4. The van der Waals surface area contributed by atoms with Crippen LogP contribution in [0.2, 0.25) is 0 Å². The lowest BCUT2D eigenvalue weighted by molar-refractivity contribution is 0.414. The molecule has 1 heterocycles. The van der Waals surface area contributed by atoms with Gasteiger partial charge in [0.15, 0.2) is 0 Å². The van der Waals surface area contributed by atoms with E-state index in [1.807, 2.05) is 28.9 Å². The third kappa shape index (κ3) is 2.87. The Bertz CT molecular complexity index is 507. The van der Waals surface area contributed by atoms with Crippen LogP contribution in [0, 0.1) is 0 Å². The summed E-state index contributed by atoms with van der Waals surface area (Å²) >= 11 is 0. The molecule has 96 valence electrons. The van der Waals surface area contributed by atoms with Gasteiger partial charge in [-0.05, 0) is 12.1 Å². The molecule has 0 atom stereocenters. The largest absolute Gasteiger partial charge is 0.497 e. The average Bonchev–Trinajstić information content (AvgIpc) is 2.84. The zero-order chi connectivity index (χ0) is 13.0. The highest BCUT2D eigenvalue weighted by molar-refractivity contribution is 5.39. The fourth-order valence-electron chi connectivity index (χ4n) is 1.65. The zero-order valence-corrected chi connectivity index (χ0v) is 10.9. The van der Waals surface area contributed by atoms with E-state index in [4.69, 9.17) is 4.74 Å². The number of hydrogen-bond donors (Lipinski definition) is 1. The highest BCUT2D eigenvalue weighted by Gasteiger charge is 2.07. The van der Waals surface area contributed by atoms with Crippen LogP contribution in [-0.4, -0.2) is 28.1 Å². The molecule has 0 bridgehead atoms. The van der Waals surface area contributed by atoms with Gasteiger partial charge < -0.3 is 10.1 Å². The highest BCUT2D eigenvalue weighted by Crippen LogP contribution is 2.16. The normalized spacial score (nSPS) is 10.9. The SMILES string of the molecule is COc1cccc(-n2nncc2CNC(C)C)c1. The van der Waals surface area contributed by atoms with Crippen LogP contribution in [0.3, 0.4) is 0 Å². The number of nitrogens with one attached hydrogen (secondary N) is 1. The van der Waals surface area contributed by atoms with Gasteiger partial charge in [0, 0.05) is 18.7 Å². The summed E-state index contributed by atoms with van der Waals surface area (Å²) in [6.45, 7) is 4.96. The van der Waals surface area contributed by atoms with Crippen molar-refractivity contribution < 1.29 is 4.74 Å². The molecule has 0 aliphatic rings. The van der Waals surface area contributed by atoms with Gasteiger partial charge in [-0.15, -0.1) is 5.10 Å². The Balaban J connectivity index is 2.24. The lowest BCUT2D eigenvalue weighted by Gasteiger charge is -2.10. The molecule has 5 heteroatoms. The summed E-state index contributed by atoms with van der Waals surface area (Å²) < 4.78 is 7.03. The second kappa shape index (κ2) is 5.64. The molecule has 0 aliphatic heterocycles. The fraction of sp³-hybridized carbons (Fsp3) is 0.385. The van der Waals surface area contributed by atoms with Crippen molar-refractivity contribution in [2.75, 3.05) is 7.11 Å². The number of nitrogens with zero attached hydrogens (tertiary/aromatic N) is 3. The quantitative estimate of drug-likeness (QED) is 0.873. The lowest BCUT2D eigenvalue weighted by Crippen LogP contribution is -2.23. The van der Waals surface area contributed by atoms with Crippen molar-refractivity contribution in [1.82, 2.24) is 20.3 Å². The standard InChI is InChI=1S/C13H18N4O/c1-10(2)14-8-12-9-15-16-17(12)11-5-4-6-13(7-11)18-3/h4-7,9-10,14H,8H2,1-3H3. The minimum Gasteiger partial charge on any atom is -0.497 e. The van der Waals surface area contributed by atoms with Gasteiger partial charge >= 0.3 is 0 Å². The first-order chi connectivity index (χ1) is 8.70. The Morgan fingerprint density at radius 3 is 2.94 bits per heavy atom. The van der Waals surface area contributed by atoms with Crippen molar-refractivity contribution in [3.05, 3.63) is 36.2 Å². The average molecular weight is 246 g/mol. The van der Waals surface area contributed by atoms with Crippen LogP contribution in [-0.2, 0) is 6.54 Å². The molecule has 1 N–H and O–H groups in total. The maximum Gasteiger partial charge on any atom is 0.121 e. The van der Waals surface area contributed by atoms with E-state index in [-0.39, 0.29) is 0 Å². The summed E-state index contributed by atoms with van der Waals surface area (Å²) in [6.07, 6.45) is 1.77. The molecule has 0 radical (unpaired) electrons. The van der Waals surface area contributed by atoms with Crippen molar-refractivity contribution >= 4 is 0 Å². The van der Waals surface area contributed by atoms with Crippen molar-refractivity contribution in [2.45, 2.75) is 26.4 Å². The fourth-order valence-corrected chi connectivity index (χ4v) is 1.65. The molecule has 2 rings (SSSR count). The number of methoxy groups -OCH3 is 1. The molecule has 2 aromatic rings. The predicted molar refractivity (Wildman–Crippen MR) is 69.9 cm³/mol. The van der Waals surface area contributed by atoms with Gasteiger partial charge in [-0.1, -0.05) is 25.1 Å². The molecular weight excluding hydrogens is 228 g/mol. The van der Waals surface area contributed by atoms with Gasteiger partial charge in [0.2, 0.25) is 0 Å². The predicted octanol–water partition coefficient (Wildman–Crippen LogP) is 1.77. The number of rotatable bonds is 5. The number of benzene rings is 1. The summed E-state index contributed by atoms with van der Waals surface area (Å²) in [6, 6.07) is 8.20. The first-order valence-corrected chi connectivity index (χ1v) is 5.98. The van der Waals surface area contributed by atoms with Gasteiger partial charge in [0.25, 0.3) is 0 Å².